The van der Waals surface area contributed by atoms with E-state index < -0.39 is 0 Å². The van der Waals surface area contributed by atoms with Crippen LogP contribution >= 0.6 is 11.8 Å². The molecule has 1 atom stereocenters. The van der Waals surface area contributed by atoms with Gasteiger partial charge in [0.15, 0.2) is 5.16 Å². The number of hydrogen-bond donors (Lipinski definition) is 1. The molecule has 0 radical (unpaired) electrons. The summed E-state index contributed by atoms with van der Waals surface area (Å²) in [6.45, 7) is 11.5. The second-order valence-electron chi connectivity index (χ2n) is 7.06. The van der Waals surface area contributed by atoms with Crippen molar-refractivity contribution in [2.75, 3.05) is 32.7 Å². The number of benzene rings is 1. The molecule has 1 aliphatic rings. The first kappa shape index (κ1) is 19.9. The number of likely N-dealkylation sites (N-methyl/N-ethyl adjacent to an activating group) is 1. The number of quaternary nitrogens is 1. The van der Waals surface area contributed by atoms with Gasteiger partial charge in [-0.2, -0.15) is 0 Å². The lowest BCUT2D eigenvalue weighted by Gasteiger charge is -2.33. The summed E-state index contributed by atoms with van der Waals surface area (Å²) in [5.41, 5.74) is 0.668. The van der Waals surface area contributed by atoms with Crippen molar-refractivity contribution in [1.29, 1.82) is 0 Å². The van der Waals surface area contributed by atoms with Gasteiger partial charge < -0.3 is 9.80 Å². The first-order chi connectivity index (χ1) is 13.0. The number of aromatic nitrogens is 2. The highest BCUT2D eigenvalue weighted by Gasteiger charge is 2.28. The zero-order valence-electron chi connectivity index (χ0n) is 16.4. The van der Waals surface area contributed by atoms with E-state index in [-0.39, 0.29) is 16.7 Å². The topological polar surface area (TPSA) is 59.6 Å². The van der Waals surface area contributed by atoms with Gasteiger partial charge in [0, 0.05) is 6.54 Å². The van der Waals surface area contributed by atoms with Crippen molar-refractivity contribution < 1.29 is 9.69 Å². The number of piperazine rings is 1. The Morgan fingerprint density at radius 1 is 1.26 bits per heavy atom. The van der Waals surface area contributed by atoms with E-state index in [4.69, 9.17) is 4.98 Å². The fourth-order valence-corrected chi connectivity index (χ4v) is 4.54. The Morgan fingerprint density at radius 2 is 1.96 bits per heavy atom. The molecule has 146 valence electrons. The molecule has 1 saturated heterocycles. The minimum atomic E-state index is -0.260. The third-order valence-electron chi connectivity index (χ3n) is 5.19. The van der Waals surface area contributed by atoms with Gasteiger partial charge in [0.1, 0.15) is 0 Å². The molecule has 1 aromatic heterocycles. The van der Waals surface area contributed by atoms with Crippen molar-refractivity contribution in [1.82, 2.24) is 14.5 Å². The number of carbonyl (C=O) groups excluding carboxylic acids is 1. The summed E-state index contributed by atoms with van der Waals surface area (Å²) < 4.78 is 1.72. The molecule has 2 aromatic rings. The first-order valence-corrected chi connectivity index (χ1v) is 10.7. The minimum absolute atomic E-state index is 0.0234. The van der Waals surface area contributed by atoms with Crippen LogP contribution in [0.25, 0.3) is 10.9 Å². The zero-order valence-corrected chi connectivity index (χ0v) is 17.2. The summed E-state index contributed by atoms with van der Waals surface area (Å²) in [4.78, 5) is 34.0. The number of thioether (sulfide) groups is 1. The molecule has 2 heterocycles. The average Bonchev–Trinajstić information content (AvgIpc) is 2.70. The average molecular weight is 390 g/mol. The highest BCUT2D eigenvalue weighted by molar-refractivity contribution is 8.00. The largest absolute Gasteiger partial charge is 0.332 e. The fourth-order valence-electron chi connectivity index (χ4n) is 3.52. The van der Waals surface area contributed by atoms with Crippen LogP contribution in [-0.2, 0) is 11.3 Å². The maximum atomic E-state index is 12.9. The van der Waals surface area contributed by atoms with Crippen LogP contribution in [0.15, 0.2) is 34.2 Å². The predicted molar refractivity (Wildman–Crippen MR) is 109 cm³/mol. The molecular weight excluding hydrogens is 360 g/mol. The molecule has 1 aliphatic heterocycles. The lowest BCUT2D eigenvalue weighted by atomic mass is 10.2. The first-order valence-electron chi connectivity index (χ1n) is 9.83. The van der Waals surface area contributed by atoms with Crippen LogP contribution in [-0.4, -0.2) is 58.3 Å². The monoisotopic (exact) mass is 389 g/mol. The number of nitrogens with one attached hydrogen (secondary N) is 1. The van der Waals surface area contributed by atoms with Crippen molar-refractivity contribution in [3.05, 3.63) is 34.6 Å². The van der Waals surface area contributed by atoms with E-state index in [0.29, 0.717) is 22.6 Å². The molecule has 3 rings (SSSR count). The molecule has 0 spiro atoms. The smallest absolute Gasteiger partial charge is 0.262 e. The van der Waals surface area contributed by atoms with E-state index in [1.807, 2.05) is 43.0 Å². The Hall–Kier alpha value is -1.86. The second kappa shape index (κ2) is 8.89. The summed E-state index contributed by atoms with van der Waals surface area (Å²) in [6.07, 6.45) is 0.845. The van der Waals surface area contributed by atoms with Gasteiger partial charge in [0.2, 0.25) is 5.91 Å². The molecule has 0 saturated carbocycles. The number of amides is 1. The Morgan fingerprint density at radius 3 is 2.63 bits per heavy atom. The van der Waals surface area contributed by atoms with Gasteiger partial charge in [-0.05, 0) is 32.4 Å². The maximum Gasteiger partial charge on any atom is 0.262 e. The van der Waals surface area contributed by atoms with Gasteiger partial charge in [-0.1, -0.05) is 30.8 Å². The van der Waals surface area contributed by atoms with E-state index in [2.05, 4.69) is 6.92 Å². The van der Waals surface area contributed by atoms with Crippen molar-refractivity contribution in [3.63, 3.8) is 0 Å². The summed E-state index contributed by atoms with van der Waals surface area (Å²) in [6, 6.07) is 7.42. The van der Waals surface area contributed by atoms with Crippen molar-refractivity contribution in [3.8, 4) is 0 Å². The fraction of sp³-hybridized carbons (Fsp3) is 0.550. The number of fused-ring (bicyclic) bond motifs is 1. The zero-order chi connectivity index (χ0) is 19.4. The van der Waals surface area contributed by atoms with Crippen LogP contribution in [0, 0.1) is 0 Å². The van der Waals surface area contributed by atoms with Crippen molar-refractivity contribution in [2.45, 2.75) is 44.1 Å². The SMILES string of the molecule is CCCn1c(S[C@H](C)C(=O)N2CC[NH+](CC)CC2)nc2ccccc2c1=O. The highest BCUT2D eigenvalue weighted by atomic mass is 32.2. The van der Waals surface area contributed by atoms with Crippen LogP contribution in [0.4, 0.5) is 0 Å². The number of nitrogens with zero attached hydrogens (tertiary/aromatic N) is 3. The van der Waals surface area contributed by atoms with E-state index in [0.717, 1.165) is 39.1 Å². The molecule has 7 heteroatoms. The van der Waals surface area contributed by atoms with E-state index in [1.54, 1.807) is 9.47 Å². The molecule has 27 heavy (non-hydrogen) atoms. The lowest BCUT2D eigenvalue weighted by molar-refractivity contribution is -0.902. The third-order valence-corrected chi connectivity index (χ3v) is 6.26. The molecule has 0 bridgehead atoms. The summed E-state index contributed by atoms with van der Waals surface area (Å²) in [5.74, 6) is 0.139. The Bertz CT molecular complexity index is 859. The van der Waals surface area contributed by atoms with Crippen LogP contribution < -0.4 is 10.5 Å². The molecule has 0 aliphatic carbocycles. The molecule has 1 N–H and O–H groups in total. The van der Waals surface area contributed by atoms with Crippen LogP contribution in [0.3, 0.4) is 0 Å². The van der Waals surface area contributed by atoms with Crippen LogP contribution in [0.1, 0.15) is 27.2 Å². The number of para-hydroxylation sites is 1. The summed E-state index contributed by atoms with van der Waals surface area (Å²) in [7, 11) is 0. The standard InChI is InChI=1S/C20H28N4O2S/c1-4-10-24-19(26)16-8-6-7-9-17(16)21-20(24)27-15(3)18(25)23-13-11-22(5-2)12-14-23/h6-9,15H,4-5,10-14H2,1-3H3/p+1/t15-/m1/s1. The summed E-state index contributed by atoms with van der Waals surface area (Å²) in [5, 5.41) is 1.01. The normalized spacial score (nSPS) is 16.6. The highest BCUT2D eigenvalue weighted by Crippen LogP contribution is 2.24. The number of hydrogen-bond acceptors (Lipinski definition) is 4. The van der Waals surface area contributed by atoms with E-state index in [1.165, 1.54) is 11.8 Å². The predicted octanol–water partition coefficient (Wildman–Crippen LogP) is 1.03. The molecule has 0 unspecified atom stereocenters. The Kier molecular flexibility index (Phi) is 6.55. The van der Waals surface area contributed by atoms with Gasteiger partial charge in [-0.15, -0.1) is 0 Å². The van der Waals surface area contributed by atoms with Gasteiger partial charge in [0.05, 0.1) is 48.9 Å². The van der Waals surface area contributed by atoms with Gasteiger partial charge in [0.25, 0.3) is 5.56 Å². The van der Waals surface area contributed by atoms with E-state index in [9.17, 15) is 9.59 Å². The maximum absolute atomic E-state index is 12.9. The molecule has 6 nitrogen and oxygen atoms in total. The second-order valence-corrected chi connectivity index (χ2v) is 8.37. The van der Waals surface area contributed by atoms with Gasteiger partial charge >= 0.3 is 0 Å². The molecule has 1 fully saturated rings. The molecular formula is C20H29N4O2S+. The van der Waals surface area contributed by atoms with Crippen molar-refractivity contribution >= 4 is 28.6 Å². The quantitative estimate of drug-likeness (QED) is 0.592. The van der Waals surface area contributed by atoms with Crippen molar-refractivity contribution in [2.24, 2.45) is 0 Å². The molecule has 1 amide bonds. The minimum Gasteiger partial charge on any atom is -0.332 e. The molecule has 1 aromatic carbocycles. The van der Waals surface area contributed by atoms with E-state index >= 15 is 0 Å². The Balaban J connectivity index is 1.81. The summed E-state index contributed by atoms with van der Waals surface area (Å²) >= 11 is 1.40. The van der Waals surface area contributed by atoms with Gasteiger partial charge in [-0.3, -0.25) is 14.2 Å². The Labute approximate surface area is 164 Å². The third kappa shape index (κ3) is 4.35. The van der Waals surface area contributed by atoms with Gasteiger partial charge in [-0.25, -0.2) is 4.98 Å². The van der Waals surface area contributed by atoms with Crippen LogP contribution in [0.5, 0.6) is 0 Å². The lowest BCUT2D eigenvalue weighted by Crippen LogP contribution is -3.14. The number of rotatable bonds is 6. The van der Waals surface area contributed by atoms with Crippen LogP contribution in [0.2, 0.25) is 0 Å². The number of carbonyl (C=O) groups is 1.